The topological polar surface area (TPSA) is 85.0 Å². The maximum Gasteiger partial charge on any atom is 0.292 e. The third kappa shape index (κ3) is 3.13. The second-order valence-electron chi connectivity index (χ2n) is 6.02. The molecule has 1 amide bonds. The summed E-state index contributed by atoms with van der Waals surface area (Å²) in [5, 5.41) is 3.62. The average Bonchev–Trinajstić information content (AvgIpc) is 3.23. The highest BCUT2D eigenvalue weighted by atomic mass is 16.5. The first-order chi connectivity index (χ1) is 12.3. The van der Waals surface area contributed by atoms with Crippen LogP contribution in [0.4, 0.5) is 0 Å². The van der Waals surface area contributed by atoms with E-state index in [-0.39, 0.29) is 17.6 Å². The van der Waals surface area contributed by atoms with Crippen molar-refractivity contribution in [3.63, 3.8) is 0 Å². The third-order valence-corrected chi connectivity index (χ3v) is 4.48. The number of nitrogens with zero attached hydrogens (tertiary/aromatic N) is 5. The van der Waals surface area contributed by atoms with Gasteiger partial charge in [0.2, 0.25) is 5.76 Å². The zero-order chi connectivity index (χ0) is 17.1. The summed E-state index contributed by atoms with van der Waals surface area (Å²) in [7, 11) is 0. The predicted molar refractivity (Wildman–Crippen MR) is 89.6 cm³/mol. The van der Waals surface area contributed by atoms with Crippen LogP contribution in [0.25, 0.3) is 11.1 Å². The molecule has 4 rings (SSSR count). The van der Waals surface area contributed by atoms with E-state index in [2.05, 4.69) is 20.1 Å². The van der Waals surface area contributed by atoms with Crippen molar-refractivity contribution < 1.29 is 9.32 Å². The third-order valence-electron chi connectivity index (χ3n) is 4.48. The van der Waals surface area contributed by atoms with Crippen molar-refractivity contribution in [1.82, 2.24) is 25.0 Å². The van der Waals surface area contributed by atoms with Crippen molar-refractivity contribution in [2.75, 3.05) is 13.1 Å². The maximum atomic E-state index is 12.5. The van der Waals surface area contributed by atoms with E-state index < -0.39 is 0 Å². The van der Waals surface area contributed by atoms with Crippen LogP contribution in [0.3, 0.4) is 0 Å². The lowest BCUT2D eigenvalue weighted by molar-refractivity contribution is 0.0664. The second-order valence-corrected chi connectivity index (χ2v) is 6.02. The zero-order valence-electron chi connectivity index (χ0n) is 13.6. The fourth-order valence-corrected chi connectivity index (χ4v) is 3.29. The first-order valence-corrected chi connectivity index (χ1v) is 8.23. The van der Waals surface area contributed by atoms with Crippen molar-refractivity contribution in [3.8, 4) is 11.1 Å². The second kappa shape index (κ2) is 6.80. The summed E-state index contributed by atoms with van der Waals surface area (Å²) in [4.78, 5) is 27.1. The van der Waals surface area contributed by atoms with Gasteiger partial charge in [-0.25, -0.2) is 9.97 Å². The van der Waals surface area contributed by atoms with E-state index >= 15 is 0 Å². The summed E-state index contributed by atoms with van der Waals surface area (Å²) in [6, 6.07) is 5.49. The number of rotatable bonds is 3. The molecular formula is C18H17N5O2. The molecule has 1 atom stereocenters. The van der Waals surface area contributed by atoms with Crippen molar-refractivity contribution in [3.05, 3.63) is 60.8 Å². The number of amides is 1. The van der Waals surface area contributed by atoms with E-state index in [9.17, 15) is 4.79 Å². The molecule has 0 saturated carbocycles. The molecule has 0 spiro atoms. The van der Waals surface area contributed by atoms with Gasteiger partial charge in [0.15, 0.2) is 0 Å². The fourth-order valence-electron chi connectivity index (χ4n) is 3.29. The number of likely N-dealkylation sites (tertiary alicyclic amines) is 1. The molecule has 7 heteroatoms. The van der Waals surface area contributed by atoms with E-state index in [0.717, 1.165) is 29.7 Å². The number of carbonyl (C=O) groups excluding carboxylic acids is 1. The Hall–Kier alpha value is -3.09. The lowest BCUT2D eigenvalue weighted by Crippen LogP contribution is -2.39. The Morgan fingerprint density at radius 3 is 2.84 bits per heavy atom. The highest BCUT2D eigenvalue weighted by Crippen LogP contribution is 2.32. The molecule has 0 N–H and O–H groups in total. The highest BCUT2D eigenvalue weighted by molar-refractivity contribution is 5.91. The first-order valence-electron chi connectivity index (χ1n) is 8.23. The average molecular weight is 335 g/mol. The molecule has 0 aromatic carbocycles. The predicted octanol–water partition coefficient (Wildman–Crippen LogP) is 2.55. The van der Waals surface area contributed by atoms with Crippen LogP contribution in [-0.4, -0.2) is 44.0 Å². The molecule has 4 heterocycles. The molecule has 1 fully saturated rings. The number of piperidine rings is 1. The van der Waals surface area contributed by atoms with Gasteiger partial charge in [-0.1, -0.05) is 5.16 Å². The number of hydrogen-bond acceptors (Lipinski definition) is 6. The Kier molecular flexibility index (Phi) is 4.20. The van der Waals surface area contributed by atoms with Gasteiger partial charge in [0.1, 0.15) is 6.33 Å². The van der Waals surface area contributed by atoms with E-state index in [4.69, 9.17) is 4.52 Å². The normalized spacial score (nSPS) is 17.4. The molecule has 0 unspecified atom stereocenters. The Morgan fingerprint density at radius 1 is 1.16 bits per heavy atom. The molecule has 1 saturated heterocycles. The zero-order valence-corrected chi connectivity index (χ0v) is 13.6. The van der Waals surface area contributed by atoms with Crippen LogP contribution in [0.15, 0.2) is 53.8 Å². The molecule has 0 aliphatic carbocycles. The SMILES string of the molecule is O=C(c1ccno1)N1CCC[C@H](c2ncncc2-c2ccncc2)C1. The summed E-state index contributed by atoms with van der Waals surface area (Å²) in [5.41, 5.74) is 2.99. The van der Waals surface area contributed by atoms with Gasteiger partial charge in [0, 0.05) is 49.2 Å². The van der Waals surface area contributed by atoms with Crippen LogP contribution in [-0.2, 0) is 0 Å². The standard InChI is InChI=1S/C18H17N5O2/c24-18(16-5-8-22-25-16)23-9-1-2-14(11-23)17-15(10-20-12-21-17)13-3-6-19-7-4-13/h3-8,10,12,14H,1-2,9,11H2/t14-/m0/s1. The smallest absolute Gasteiger partial charge is 0.292 e. The number of pyridine rings is 1. The monoisotopic (exact) mass is 335 g/mol. The lowest BCUT2D eigenvalue weighted by Gasteiger charge is -2.32. The fraction of sp³-hybridized carbons (Fsp3) is 0.278. The van der Waals surface area contributed by atoms with E-state index in [0.29, 0.717) is 13.1 Å². The van der Waals surface area contributed by atoms with Gasteiger partial charge >= 0.3 is 0 Å². The molecule has 3 aromatic heterocycles. The largest absolute Gasteiger partial charge is 0.351 e. The van der Waals surface area contributed by atoms with Gasteiger partial charge in [-0.3, -0.25) is 9.78 Å². The Morgan fingerprint density at radius 2 is 2.04 bits per heavy atom. The van der Waals surface area contributed by atoms with Gasteiger partial charge in [-0.15, -0.1) is 0 Å². The molecular weight excluding hydrogens is 318 g/mol. The summed E-state index contributed by atoms with van der Waals surface area (Å²) < 4.78 is 5.01. The molecule has 25 heavy (non-hydrogen) atoms. The van der Waals surface area contributed by atoms with Crippen molar-refractivity contribution in [1.29, 1.82) is 0 Å². The Bertz CT molecular complexity index is 851. The molecule has 0 radical (unpaired) electrons. The van der Waals surface area contributed by atoms with E-state index in [1.54, 1.807) is 24.8 Å². The van der Waals surface area contributed by atoms with E-state index in [1.807, 2.05) is 23.2 Å². The lowest BCUT2D eigenvalue weighted by atomic mass is 9.90. The summed E-state index contributed by atoms with van der Waals surface area (Å²) in [6.45, 7) is 1.32. The number of aromatic nitrogens is 4. The number of carbonyl (C=O) groups is 1. The summed E-state index contributed by atoms with van der Waals surface area (Å²) >= 11 is 0. The molecule has 1 aliphatic rings. The Labute approximate surface area is 144 Å². The summed E-state index contributed by atoms with van der Waals surface area (Å²) in [6.07, 6.45) is 10.3. The molecule has 3 aromatic rings. The maximum absolute atomic E-state index is 12.5. The highest BCUT2D eigenvalue weighted by Gasteiger charge is 2.29. The van der Waals surface area contributed by atoms with Crippen LogP contribution in [0.1, 0.15) is 35.0 Å². The Balaban J connectivity index is 1.61. The molecule has 7 nitrogen and oxygen atoms in total. The minimum Gasteiger partial charge on any atom is -0.351 e. The van der Waals surface area contributed by atoms with Crippen LogP contribution in [0.2, 0.25) is 0 Å². The van der Waals surface area contributed by atoms with Crippen molar-refractivity contribution in [2.45, 2.75) is 18.8 Å². The van der Waals surface area contributed by atoms with Gasteiger partial charge in [-0.2, -0.15) is 0 Å². The molecule has 126 valence electrons. The quantitative estimate of drug-likeness (QED) is 0.731. The van der Waals surface area contributed by atoms with Crippen LogP contribution < -0.4 is 0 Å². The summed E-state index contributed by atoms with van der Waals surface area (Å²) in [5.74, 6) is 0.311. The molecule has 1 aliphatic heterocycles. The first kappa shape index (κ1) is 15.4. The van der Waals surface area contributed by atoms with Crippen LogP contribution in [0, 0.1) is 0 Å². The van der Waals surface area contributed by atoms with Gasteiger partial charge in [0.25, 0.3) is 5.91 Å². The van der Waals surface area contributed by atoms with Crippen LogP contribution in [0.5, 0.6) is 0 Å². The number of hydrogen-bond donors (Lipinski definition) is 0. The van der Waals surface area contributed by atoms with Crippen molar-refractivity contribution in [2.24, 2.45) is 0 Å². The van der Waals surface area contributed by atoms with Gasteiger partial charge < -0.3 is 9.42 Å². The minimum atomic E-state index is -0.123. The van der Waals surface area contributed by atoms with Gasteiger partial charge in [-0.05, 0) is 30.5 Å². The van der Waals surface area contributed by atoms with E-state index in [1.165, 1.54) is 6.20 Å². The van der Waals surface area contributed by atoms with Crippen LogP contribution >= 0.6 is 0 Å². The van der Waals surface area contributed by atoms with Gasteiger partial charge in [0.05, 0.1) is 11.9 Å². The minimum absolute atomic E-state index is 0.123. The van der Waals surface area contributed by atoms with Crippen molar-refractivity contribution >= 4 is 5.91 Å². The molecule has 0 bridgehead atoms.